The fraction of sp³-hybridized carbons (Fsp3) is 0.250. The summed E-state index contributed by atoms with van der Waals surface area (Å²) in [6.45, 7) is 6.44. The fourth-order valence-corrected chi connectivity index (χ4v) is 3.80. The molecule has 0 aliphatic heterocycles. The fourth-order valence-electron chi connectivity index (χ4n) is 3.80. The summed E-state index contributed by atoms with van der Waals surface area (Å²) in [7, 11) is 2.05. The van der Waals surface area contributed by atoms with E-state index in [-0.39, 0.29) is 0 Å². The van der Waals surface area contributed by atoms with Crippen molar-refractivity contribution in [3.63, 3.8) is 0 Å². The Morgan fingerprint density at radius 3 is 2.52 bits per heavy atom. The molecule has 0 fully saturated rings. The van der Waals surface area contributed by atoms with Gasteiger partial charge >= 0.3 is 0 Å². The number of furan rings is 1. The summed E-state index contributed by atoms with van der Waals surface area (Å²) in [6, 6.07) is 16.9. The maximum Gasteiger partial charge on any atom is 0.212 e. The van der Waals surface area contributed by atoms with Crippen LogP contribution in [-0.2, 0) is 13.5 Å². The minimum Gasteiger partial charge on any atom is -0.456 e. The van der Waals surface area contributed by atoms with E-state index in [2.05, 4.69) is 68.9 Å². The molecule has 0 atom stereocenters. The highest BCUT2D eigenvalue weighted by atomic mass is 16.3. The predicted octanol–water partition coefficient (Wildman–Crippen LogP) is 5.46. The molecule has 4 aromatic rings. The van der Waals surface area contributed by atoms with E-state index in [9.17, 15) is 5.26 Å². The van der Waals surface area contributed by atoms with Crippen LogP contribution in [0.3, 0.4) is 0 Å². The van der Waals surface area contributed by atoms with E-state index in [1.807, 2.05) is 18.2 Å². The molecule has 2 aromatic heterocycles. The highest BCUT2D eigenvalue weighted by molar-refractivity contribution is 6.07. The van der Waals surface area contributed by atoms with Crippen LogP contribution < -0.4 is 4.57 Å². The number of benzene rings is 2. The maximum atomic E-state index is 9.63. The molecule has 2 aromatic carbocycles. The maximum absolute atomic E-state index is 9.63. The van der Waals surface area contributed by atoms with E-state index in [1.165, 1.54) is 11.1 Å². The topological polar surface area (TPSA) is 40.8 Å². The molecule has 0 spiro atoms. The van der Waals surface area contributed by atoms with E-state index in [1.54, 1.807) is 0 Å². The highest BCUT2D eigenvalue weighted by Gasteiger charge is 2.17. The molecular formula is C24H23N2O+. The minimum absolute atomic E-state index is 0.492. The first-order chi connectivity index (χ1) is 13.0. The molecule has 0 bridgehead atoms. The van der Waals surface area contributed by atoms with Crippen LogP contribution in [0.4, 0.5) is 0 Å². The van der Waals surface area contributed by atoms with Crippen LogP contribution >= 0.6 is 0 Å². The van der Waals surface area contributed by atoms with Gasteiger partial charge in [0.25, 0.3) is 0 Å². The Balaban J connectivity index is 1.99. The van der Waals surface area contributed by atoms with Gasteiger partial charge in [0.1, 0.15) is 18.2 Å². The van der Waals surface area contributed by atoms with Gasteiger partial charge in [0.15, 0.2) is 6.20 Å². The number of fused-ring (bicyclic) bond motifs is 3. The summed E-state index contributed by atoms with van der Waals surface area (Å²) < 4.78 is 8.28. The zero-order valence-corrected chi connectivity index (χ0v) is 16.2. The Morgan fingerprint density at radius 2 is 1.81 bits per heavy atom. The Morgan fingerprint density at radius 1 is 1.07 bits per heavy atom. The van der Waals surface area contributed by atoms with E-state index in [4.69, 9.17) is 4.42 Å². The quantitative estimate of drug-likeness (QED) is 0.458. The molecule has 0 radical (unpaired) electrons. The van der Waals surface area contributed by atoms with Gasteiger partial charge in [0.05, 0.1) is 11.6 Å². The zero-order chi connectivity index (χ0) is 19.1. The summed E-state index contributed by atoms with van der Waals surface area (Å²) in [5.41, 5.74) is 7.04. The second-order valence-corrected chi connectivity index (χ2v) is 7.68. The van der Waals surface area contributed by atoms with Crippen LogP contribution in [0.1, 0.15) is 30.5 Å². The molecule has 3 nitrogen and oxygen atoms in total. The minimum atomic E-state index is 0.492. The van der Waals surface area contributed by atoms with Gasteiger partial charge in [-0.05, 0) is 60.7 Å². The number of hydrogen-bond acceptors (Lipinski definition) is 2. The Hall–Kier alpha value is -3.12. The van der Waals surface area contributed by atoms with E-state index in [0.717, 1.165) is 45.2 Å². The Bertz CT molecular complexity index is 1210. The van der Waals surface area contributed by atoms with Gasteiger partial charge in [0, 0.05) is 28.5 Å². The first-order valence-corrected chi connectivity index (χ1v) is 9.33. The molecule has 0 aliphatic rings. The van der Waals surface area contributed by atoms with Crippen LogP contribution in [0.15, 0.2) is 53.1 Å². The van der Waals surface area contributed by atoms with Crippen molar-refractivity contribution in [2.45, 2.75) is 27.2 Å². The lowest BCUT2D eigenvalue weighted by Gasteiger charge is -2.07. The van der Waals surface area contributed by atoms with Gasteiger partial charge in [-0.3, -0.25) is 0 Å². The highest BCUT2D eigenvalue weighted by Crippen LogP contribution is 2.35. The van der Waals surface area contributed by atoms with Gasteiger partial charge in [-0.25, -0.2) is 4.57 Å². The molecule has 0 unspecified atom stereocenters. The lowest BCUT2D eigenvalue weighted by Crippen LogP contribution is -2.30. The number of nitrogens with zero attached hydrogens (tertiary/aromatic N) is 2. The summed E-state index contributed by atoms with van der Waals surface area (Å²) in [4.78, 5) is 0. The summed E-state index contributed by atoms with van der Waals surface area (Å²) >= 11 is 0. The third kappa shape index (κ3) is 2.98. The Labute approximate surface area is 159 Å². The predicted molar refractivity (Wildman–Crippen MR) is 108 cm³/mol. The van der Waals surface area contributed by atoms with Crippen LogP contribution in [0.5, 0.6) is 0 Å². The number of rotatable bonds is 3. The molecule has 0 saturated heterocycles. The SMILES string of the molecule is Cc1cc2oc3cc(CC(C)C)c(C#N)cc3c2cc1-c1cccc[n+]1C. The monoisotopic (exact) mass is 355 g/mol. The van der Waals surface area contributed by atoms with E-state index >= 15 is 0 Å². The van der Waals surface area contributed by atoms with Gasteiger partial charge < -0.3 is 4.42 Å². The summed E-state index contributed by atoms with van der Waals surface area (Å²) in [6.07, 6.45) is 2.93. The Kier molecular flexibility index (Phi) is 4.20. The zero-order valence-electron chi connectivity index (χ0n) is 16.2. The molecular weight excluding hydrogens is 332 g/mol. The van der Waals surface area contributed by atoms with Crippen molar-refractivity contribution in [3.05, 3.63) is 65.4 Å². The van der Waals surface area contributed by atoms with E-state index < -0.39 is 0 Å². The van der Waals surface area contributed by atoms with Gasteiger partial charge in [-0.2, -0.15) is 5.26 Å². The molecule has 4 rings (SSSR count). The number of pyridine rings is 1. The standard InChI is InChI=1S/C24H23N2O/c1-15(2)9-17-12-24-20(11-18(17)14-25)21-13-19(16(3)10-23(21)27-24)22-7-5-6-8-26(22)4/h5-8,10-13,15H,9H2,1-4H3/q+1. The van der Waals surface area contributed by atoms with Crippen LogP contribution in [0, 0.1) is 24.2 Å². The largest absolute Gasteiger partial charge is 0.456 e. The van der Waals surface area contributed by atoms with Crippen molar-refractivity contribution in [1.82, 2.24) is 0 Å². The van der Waals surface area contributed by atoms with Crippen LogP contribution in [0.25, 0.3) is 33.2 Å². The lowest BCUT2D eigenvalue weighted by atomic mass is 9.96. The summed E-state index contributed by atoms with van der Waals surface area (Å²) in [5.74, 6) is 0.492. The molecule has 0 amide bonds. The smallest absolute Gasteiger partial charge is 0.212 e. The number of aromatic nitrogens is 1. The third-order valence-corrected chi connectivity index (χ3v) is 5.12. The van der Waals surface area contributed by atoms with E-state index in [0.29, 0.717) is 5.92 Å². The van der Waals surface area contributed by atoms with Crippen molar-refractivity contribution in [2.24, 2.45) is 13.0 Å². The van der Waals surface area contributed by atoms with Gasteiger partial charge in [-0.15, -0.1) is 0 Å². The molecule has 134 valence electrons. The second kappa shape index (κ2) is 6.55. The molecule has 2 heterocycles. The number of aryl methyl sites for hydroxylation is 2. The van der Waals surface area contributed by atoms with Crippen molar-refractivity contribution < 1.29 is 8.98 Å². The van der Waals surface area contributed by atoms with Crippen molar-refractivity contribution in [1.29, 1.82) is 5.26 Å². The first-order valence-electron chi connectivity index (χ1n) is 9.33. The summed E-state index contributed by atoms with van der Waals surface area (Å²) in [5, 5.41) is 11.7. The van der Waals surface area contributed by atoms with Crippen molar-refractivity contribution in [3.8, 4) is 17.3 Å². The van der Waals surface area contributed by atoms with Crippen molar-refractivity contribution in [2.75, 3.05) is 0 Å². The molecule has 0 aliphatic carbocycles. The number of nitriles is 1. The average Bonchev–Trinajstić information content (AvgIpc) is 2.96. The third-order valence-electron chi connectivity index (χ3n) is 5.12. The first kappa shape index (κ1) is 17.3. The van der Waals surface area contributed by atoms with Crippen molar-refractivity contribution >= 4 is 21.9 Å². The normalized spacial score (nSPS) is 11.4. The molecule has 3 heteroatoms. The average molecular weight is 355 g/mol. The molecule has 0 saturated carbocycles. The van der Waals surface area contributed by atoms with Crippen LogP contribution in [0.2, 0.25) is 0 Å². The lowest BCUT2D eigenvalue weighted by molar-refractivity contribution is -0.660. The molecule has 0 N–H and O–H groups in total. The van der Waals surface area contributed by atoms with Gasteiger partial charge in [0.2, 0.25) is 5.69 Å². The number of hydrogen-bond donors (Lipinski definition) is 0. The molecule has 27 heavy (non-hydrogen) atoms. The van der Waals surface area contributed by atoms with Crippen LogP contribution in [-0.4, -0.2) is 0 Å². The van der Waals surface area contributed by atoms with Gasteiger partial charge in [-0.1, -0.05) is 13.8 Å². The second-order valence-electron chi connectivity index (χ2n) is 7.68.